The highest BCUT2D eigenvalue weighted by atomic mass is 14.7. The lowest BCUT2D eigenvalue weighted by Crippen LogP contribution is -1.90. The van der Waals surface area contributed by atoms with Crippen LogP contribution in [0.1, 0.15) is 5.69 Å². The molecule has 4 rings (SSSR count). The lowest BCUT2D eigenvalue weighted by molar-refractivity contribution is 1.23. The summed E-state index contributed by atoms with van der Waals surface area (Å²) in [6, 6.07) is 29.7. The van der Waals surface area contributed by atoms with Gasteiger partial charge in [0.2, 0.25) is 0 Å². The summed E-state index contributed by atoms with van der Waals surface area (Å²) in [4.78, 5) is 4.77. The number of hydrogen-bond donors (Lipinski definition) is 0. The third kappa shape index (κ3) is 2.62. The summed E-state index contributed by atoms with van der Waals surface area (Å²) in [7, 11) is 0. The van der Waals surface area contributed by atoms with Gasteiger partial charge in [-0.05, 0) is 29.5 Å². The number of nitrogens with zero attached hydrogens (tertiary/aromatic N) is 1. The van der Waals surface area contributed by atoms with E-state index in [4.69, 9.17) is 4.98 Å². The summed E-state index contributed by atoms with van der Waals surface area (Å²) < 4.78 is 0. The van der Waals surface area contributed by atoms with Crippen LogP contribution >= 0.6 is 0 Å². The van der Waals surface area contributed by atoms with E-state index in [0.717, 1.165) is 17.0 Å². The number of pyridine rings is 1. The van der Waals surface area contributed by atoms with Crippen molar-refractivity contribution in [2.75, 3.05) is 0 Å². The van der Waals surface area contributed by atoms with Crippen LogP contribution in [0, 0.1) is 6.92 Å². The van der Waals surface area contributed by atoms with Crippen molar-refractivity contribution in [1.29, 1.82) is 0 Å². The van der Waals surface area contributed by atoms with Gasteiger partial charge in [0.05, 0.1) is 5.69 Å². The highest BCUT2D eigenvalue weighted by Crippen LogP contribution is 2.29. The number of aromatic nitrogens is 1. The molecule has 0 saturated carbocycles. The summed E-state index contributed by atoms with van der Waals surface area (Å²) in [6.45, 7) is 2.05. The van der Waals surface area contributed by atoms with Crippen LogP contribution in [0.25, 0.3) is 33.2 Å². The fourth-order valence-electron chi connectivity index (χ4n) is 3.00. The maximum absolute atomic E-state index is 4.77. The van der Waals surface area contributed by atoms with Crippen molar-refractivity contribution in [3.63, 3.8) is 0 Å². The summed E-state index contributed by atoms with van der Waals surface area (Å²) >= 11 is 0. The molecular weight excluding hydrogens is 278 g/mol. The SMILES string of the molecule is Cc1cc2ccccc2c(-c2ccc(-c3ccccc3)cc2)n1. The molecular formula is C22H17N. The Bertz CT molecular complexity index is 954. The Morgan fingerprint density at radius 1 is 0.609 bits per heavy atom. The summed E-state index contributed by atoms with van der Waals surface area (Å²) in [6.07, 6.45) is 0. The van der Waals surface area contributed by atoms with Gasteiger partial charge in [0.25, 0.3) is 0 Å². The second kappa shape index (κ2) is 5.69. The summed E-state index contributed by atoms with van der Waals surface area (Å²) in [5.74, 6) is 0. The first kappa shape index (κ1) is 13.7. The van der Waals surface area contributed by atoms with Gasteiger partial charge in [-0.2, -0.15) is 0 Å². The molecule has 0 saturated heterocycles. The molecule has 1 heterocycles. The smallest absolute Gasteiger partial charge is 0.0783 e. The van der Waals surface area contributed by atoms with Crippen molar-refractivity contribution in [3.05, 3.63) is 90.6 Å². The lowest BCUT2D eigenvalue weighted by Gasteiger charge is -2.09. The first-order valence-corrected chi connectivity index (χ1v) is 7.83. The van der Waals surface area contributed by atoms with E-state index in [1.807, 2.05) is 13.0 Å². The fourth-order valence-corrected chi connectivity index (χ4v) is 3.00. The van der Waals surface area contributed by atoms with Crippen LogP contribution in [0.2, 0.25) is 0 Å². The van der Waals surface area contributed by atoms with Gasteiger partial charge in [0.1, 0.15) is 0 Å². The Morgan fingerprint density at radius 3 is 2.00 bits per heavy atom. The van der Waals surface area contributed by atoms with E-state index in [1.54, 1.807) is 0 Å². The van der Waals surface area contributed by atoms with Crippen molar-refractivity contribution in [2.24, 2.45) is 0 Å². The molecule has 1 heteroatoms. The number of rotatable bonds is 2. The van der Waals surface area contributed by atoms with E-state index in [0.29, 0.717) is 0 Å². The second-order valence-electron chi connectivity index (χ2n) is 5.78. The van der Waals surface area contributed by atoms with Crippen molar-refractivity contribution in [3.8, 4) is 22.4 Å². The summed E-state index contributed by atoms with van der Waals surface area (Å²) in [5, 5.41) is 2.44. The van der Waals surface area contributed by atoms with Crippen LogP contribution < -0.4 is 0 Å². The number of benzene rings is 3. The quantitative estimate of drug-likeness (QED) is 0.450. The highest BCUT2D eigenvalue weighted by Gasteiger charge is 2.07. The van der Waals surface area contributed by atoms with Gasteiger partial charge in [-0.3, -0.25) is 4.98 Å². The zero-order valence-corrected chi connectivity index (χ0v) is 13.0. The van der Waals surface area contributed by atoms with Crippen molar-refractivity contribution >= 4 is 10.8 Å². The van der Waals surface area contributed by atoms with E-state index >= 15 is 0 Å². The average Bonchev–Trinajstić information content (AvgIpc) is 2.62. The van der Waals surface area contributed by atoms with Crippen LogP contribution in [0.5, 0.6) is 0 Å². The number of hydrogen-bond acceptors (Lipinski definition) is 1. The molecule has 1 aromatic heterocycles. The van der Waals surface area contributed by atoms with Gasteiger partial charge in [0, 0.05) is 16.6 Å². The minimum Gasteiger partial charge on any atom is -0.252 e. The van der Waals surface area contributed by atoms with Crippen molar-refractivity contribution in [2.45, 2.75) is 6.92 Å². The average molecular weight is 295 g/mol. The molecule has 0 N–H and O–H groups in total. The normalized spacial score (nSPS) is 10.8. The maximum Gasteiger partial charge on any atom is 0.0783 e. The third-order valence-corrected chi connectivity index (χ3v) is 4.13. The Morgan fingerprint density at radius 2 is 1.22 bits per heavy atom. The summed E-state index contributed by atoms with van der Waals surface area (Å²) in [5.41, 5.74) is 5.73. The van der Waals surface area contributed by atoms with E-state index in [1.165, 1.54) is 21.9 Å². The molecule has 1 nitrogen and oxygen atoms in total. The number of aryl methyl sites for hydroxylation is 1. The molecule has 23 heavy (non-hydrogen) atoms. The standard InChI is InChI=1S/C22H17N/c1-16-15-20-9-5-6-10-21(20)22(23-16)19-13-11-18(12-14-19)17-7-3-2-4-8-17/h2-15H,1H3. The molecule has 110 valence electrons. The minimum absolute atomic E-state index is 1.05. The van der Waals surface area contributed by atoms with Gasteiger partial charge in [0.15, 0.2) is 0 Å². The number of fused-ring (bicyclic) bond motifs is 1. The van der Waals surface area contributed by atoms with E-state index in [2.05, 4.69) is 78.9 Å². The molecule has 0 fully saturated rings. The van der Waals surface area contributed by atoms with Crippen LogP contribution in [-0.4, -0.2) is 4.98 Å². The van der Waals surface area contributed by atoms with E-state index < -0.39 is 0 Å². The van der Waals surface area contributed by atoms with Gasteiger partial charge in [-0.1, -0.05) is 78.9 Å². The van der Waals surface area contributed by atoms with Gasteiger partial charge < -0.3 is 0 Å². The maximum atomic E-state index is 4.77. The molecule has 3 aromatic carbocycles. The first-order valence-electron chi connectivity index (χ1n) is 7.83. The monoisotopic (exact) mass is 295 g/mol. The minimum atomic E-state index is 1.05. The predicted molar refractivity (Wildman–Crippen MR) is 97.4 cm³/mol. The molecule has 0 atom stereocenters. The Labute approximate surface area is 136 Å². The van der Waals surface area contributed by atoms with Crippen LogP contribution in [0.4, 0.5) is 0 Å². The Balaban J connectivity index is 1.83. The fraction of sp³-hybridized carbons (Fsp3) is 0.0455. The third-order valence-electron chi connectivity index (χ3n) is 4.13. The largest absolute Gasteiger partial charge is 0.252 e. The molecule has 4 aromatic rings. The van der Waals surface area contributed by atoms with Gasteiger partial charge in [-0.15, -0.1) is 0 Å². The highest BCUT2D eigenvalue weighted by molar-refractivity contribution is 5.95. The van der Waals surface area contributed by atoms with Gasteiger partial charge in [-0.25, -0.2) is 0 Å². The Hall–Kier alpha value is -2.93. The second-order valence-corrected chi connectivity index (χ2v) is 5.78. The lowest BCUT2D eigenvalue weighted by atomic mass is 10.00. The van der Waals surface area contributed by atoms with E-state index in [9.17, 15) is 0 Å². The molecule has 0 amide bonds. The first-order chi connectivity index (χ1) is 11.3. The molecule has 0 spiro atoms. The zero-order valence-electron chi connectivity index (χ0n) is 13.0. The van der Waals surface area contributed by atoms with Crippen molar-refractivity contribution < 1.29 is 0 Å². The topological polar surface area (TPSA) is 12.9 Å². The molecule has 0 aliphatic carbocycles. The van der Waals surface area contributed by atoms with Crippen LogP contribution in [0.15, 0.2) is 84.9 Å². The molecule has 0 radical (unpaired) electrons. The molecule has 0 aliphatic rings. The van der Waals surface area contributed by atoms with Crippen LogP contribution in [-0.2, 0) is 0 Å². The molecule has 0 bridgehead atoms. The van der Waals surface area contributed by atoms with Crippen LogP contribution in [0.3, 0.4) is 0 Å². The molecule has 0 unspecified atom stereocenters. The van der Waals surface area contributed by atoms with Crippen molar-refractivity contribution in [1.82, 2.24) is 4.98 Å². The predicted octanol–water partition coefficient (Wildman–Crippen LogP) is 5.88. The Kier molecular flexibility index (Phi) is 3.39. The van der Waals surface area contributed by atoms with Gasteiger partial charge >= 0.3 is 0 Å². The zero-order chi connectivity index (χ0) is 15.6. The molecule has 0 aliphatic heterocycles. The van der Waals surface area contributed by atoms with E-state index in [-0.39, 0.29) is 0 Å².